The molecule has 0 spiro atoms. The van der Waals surface area contributed by atoms with E-state index in [1.54, 1.807) is 6.08 Å². The third kappa shape index (κ3) is 3.05. The summed E-state index contributed by atoms with van der Waals surface area (Å²) >= 11 is 0. The first-order valence-corrected chi connectivity index (χ1v) is 5.86. The molecule has 1 heteroatoms. The van der Waals surface area contributed by atoms with Gasteiger partial charge in [-0.3, -0.25) is 4.79 Å². The lowest BCUT2D eigenvalue weighted by Gasteiger charge is -2.38. The van der Waals surface area contributed by atoms with Crippen molar-refractivity contribution in [1.29, 1.82) is 0 Å². The zero-order valence-corrected chi connectivity index (χ0v) is 10.2. The fraction of sp³-hybridized carbons (Fsp3) is 0.643. The van der Waals surface area contributed by atoms with Crippen molar-refractivity contribution in [1.82, 2.24) is 0 Å². The molecular weight excluding hydrogens is 184 g/mol. The molecule has 0 heterocycles. The summed E-state index contributed by atoms with van der Waals surface area (Å²) in [4.78, 5) is 11.3. The van der Waals surface area contributed by atoms with Crippen molar-refractivity contribution < 1.29 is 4.79 Å². The lowest BCUT2D eigenvalue weighted by molar-refractivity contribution is -0.114. The van der Waals surface area contributed by atoms with E-state index in [0.29, 0.717) is 12.3 Å². The van der Waals surface area contributed by atoms with Gasteiger partial charge in [-0.2, -0.15) is 0 Å². The molecule has 0 aromatic carbocycles. The van der Waals surface area contributed by atoms with Crippen molar-refractivity contribution in [3.05, 3.63) is 24.3 Å². The Bertz CT molecular complexity index is 284. The molecule has 0 aromatic rings. The van der Waals surface area contributed by atoms with Gasteiger partial charge in [-0.1, -0.05) is 39.0 Å². The maximum absolute atomic E-state index is 11.3. The standard InChI is InChI=1S/C14H22O/c1-5-12(15)8-9-13-11(2)7-6-10-14(13,3)4/h8-9,13H,2,5-7,10H2,1,3-4H3/t13-/m1/s1. The second kappa shape index (κ2) is 4.78. The van der Waals surface area contributed by atoms with Crippen LogP contribution in [0.25, 0.3) is 0 Å². The summed E-state index contributed by atoms with van der Waals surface area (Å²) in [5.41, 5.74) is 1.55. The number of carbonyl (C=O) groups excluding carboxylic acids is 1. The Morgan fingerprint density at radius 1 is 1.60 bits per heavy atom. The summed E-state index contributed by atoms with van der Waals surface area (Å²) in [5, 5.41) is 0. The quantitative estimate of drug-likeness (QED) is 0.505. The Hall–Kier alpha value is -0.850. The zero-order chi connectivity index (χ0) is 11.5. The average Bonchev–Trinajstić information content (AvgIpc) is 2.15. The number of allylic oxidation sites excluding steroid dienone is 3. The van der Waals surface area contributed by atoms with Crippen LogP contribution in [0.2, 0.25) is 0 Å². The minimum absolute atomic E-state index is 0.212. The van der Waals surface area contributed by atoms with Gasteiger partial charge in [0.2, 0.25) is 0 Å². The molecule has 0 aromatic heterocycles. The lowest BCUT2D eigenvalue weighted by Crippen LogP contribution is -2.28. The highest BCUT2D eigenvalue weighted by molar-refractivity contribution is 5.89. The maximum atomic E-state index is 11.3. The lowest BCUT2D eigenvalue weighted by atomic mass is 9.66. The van der Waals surface area contributed by atoms with Gasteiger partial charge >= 0.3 is 0 Å². The van der Waals surface area contributed by atoms with Gasteiger partial charge in [-0.05, 0) is 30.8 Å². The van der Waals surface area contributed by atoms with Crippen molar-refractivity contribution >= 4 is 5.78 Å². The first-order chi connectivity index (χ1) is 6.97. The molecule has 1 aliphatic carbocycles. The molecule has 0 saturated heterocycles. The van der Waals surface area contributed by atoms with E-state index in [0.717, 1.165) is 6.42 Å². The van der Waals surface area contributed by atoms with E-state index >= 15 is 0 Å². The van der Waals surface area contributed by atoms with Crippen molar-refractivity contribution in [3.63, 3.8) is 0 Å². The van der Waals surface area contributed by atoms with Gasteiger partial charge in [0.1, 0.15) is 0 Å². The van der Waals surface area contributed by atoms with Crippen molar-refractivity contribution in [2.45, 2.75) is 46.5 Å². The fourth-order valence-corrected chi connectivity index (χ4v) is 2.35. The van der Waals surface area contributed by atoms with Crippen LogP contribution in [0.1, 0.15) is 46.5 Å². The predicted molar refractivity (Wildman–Crippen MR) is 64.7 cm³/mol. The molecule has 0 N–H and O–H groups in total. The molecule has 1 aliphatic rings. The molecule has 0 unspecified atom stereocenters. The normalized spacial score (nSPS) is 25.8. The molecule has 1 saturated carbocycles. The highest BCUT2D eigenvalue weighted by Gasteiger charge is 2.32. The Morgan fingerprint density at radius 3 is 2.80 bits per heavy atom. The van der Waals surface area contributed by atoms with E-state index in [-0.39, 0.29) is 11.2 Å². The third-order valence-corrected chi connectivity index (χ3v) is 3.42. The van der Waals surface area contributed by atoms with Crippen LogP contribution in [0.4, 0.5) is 0 Å². The smallest absolute Gasteiger partial charge is 0.155 e. The van der Waals surface area contributed by atoms with Gasteiger partial charge in [0.25, 0.3) is 0 Å². The van der Waals surface area contributed by atoms with Crippen molar-refractivity contribution in [3.8, 4) is 0 Å². The summed E-state index contributed by atoms with van der Waals surface area (Å²) in [6, 6.07) is 0. The summed E-state index contributed by atoms with van der Waals surface area (Å²) in [6.45, 7) is 10.6. The van der Waals surface area contributed by atoms with Gasteiger partial charge in [-0.25, -0.2) is 0 Å². The van der Waals surface area contributed by atoms with Gasteiger partial charge in [0.05, 0.1) is 0 Å². The van der Waals surface area contributed by atoms with E-state index in [2.05, 4.69) is 26.5 Å². The van der Waals surface area contributed by atoms with Crippen LogP contribution in [-0.2, 0) is 4.79 Å². The predicted octanol–water partition coefficient (Wildman–Crippen LogP) is 3.90. The number of rotatable bonds is 3. The SMILES string of the molecule is C=C1CCCC(C)(C)[C@@H]1C=CC(=O)CC. The Kier molecular flexibility index (Phi) is 3.90. The number of ketones is 1. The van der Waals surface area contributed by atoms with Gasteiger partial charge in [0, 0.05) is 12.3 Å². The highest BCUT2D eigenvalue weighted by Crippen LogP contribution is 2.43. The van der Waals surface area contributed by atoms with Crippen LogP contribution in [0.15, 0.2) is 24.3 Å². The monoisotopic (exact) mass is 206 g/mol. The molecular formula is C14H22O. The van der Waals surface area contributed by atoms with Crippen LogP contribution in [0, 0.1) is 11.3 Å². The molecule has 15 heavy (non-hydrogen) atoms. The molecule has 0 bridgehead atoms. The summed E-state index contributed by atoms with van der Waals surface area (Å²) in [7, 11) is 0. The molecule has 1 nitrogen and oxygen atoms in total. The number of hydrogen-bond acceptors (Lipinski definition) is 1. The fourth-order valence-electron chi connectivity index (χ4n) is 2.35. The first-order valence-electron chi connectivity index (χ1n) is 5.86. The van der Waals surface area contributed by atoms with Crippen LogP contribution in [0.5, 0.6) is 0 Å². The van der Waals surface area contributed by atoms with Gasteiger partial charge in [-0.15, -0.1) is 0 Å². The van der Waals surface area contributed by atoms with E-state index in [1.807, 2.05) is 6.92 Å². The number of carbonyl (C=O) groups is 1. The van der Waals surface area contributed by atoms with E-state index in [9.17, 15) is 4.79 Å². The molecule has 0 radical (unpaired) electrons. The summed E-state index contributed by atoms with van der Waals surface area (Å²) < 4.78 is 0. The topological polar surface area (TPSA) is 17.1 Å². The van der Waals surface area contributed by atoms with Gasteiger partial charge in [0.15, 0.2) is 5.78 Å². The molecule has 0 amide bonds. The van der Waals surface area contributed by atoms with Crippen LogP contribution < -0.4 is 0 Å². The molecule has 84 valence electrons. The maximum Gasteiger partial charge on any atom is 0.155 e. The van der Waals surface area contributed by atoms with Crippen LogP contribution in [-0.4, -0.2) is 5.78 Å². The molecule has 1 rings (SSSR count). The Morgan fingerprint density at radius 2 is 2.27 bits per heavy atom. The van der Waals surface area contributed by atoms with Crippen molar-refractivity contribution in [2.24, 2.45) is 11.3 Å². The highest BCUT2D eigenvalue weighted by atomic mass is 16.1. The van der Waals surface area contributed by atoms with Crippen molar-refractivity contribution in [2.75, 3.05) is 0 Å². The molecule has 0 aliphatic heterocycles. The van der Waals surface area contributed by atoms with E-state index in [1.165, 1.54) is 18.4 Å². The Balaban J connectivity index is 2.76. The Labute approximate surface area is 93.3 Å². The van der Waals surface area contributed by atoms with E-state index in [4.69, 9.17) is 0 Å². The molecule has 1 atom stereocenters. The average molecular weight is 206 g/mol. The second-order valence-electron chi connectivity index (χ2n) is 5.16. The minimum atomic E-state index is 0.212. The number of hydrogen-bond donors (Lipinski definition) is 0. The summed E-state index contributed by atoms with van der Waals surface area (Å²) in [6.07, 6.45) is 7.96. The minimum Gasteiger partial charge on any atom is -0.295 e. The van der Waals surface area contributed by atoms with Crippen LogP contribution in [0.3, 0.4) is 0 Å². The van der Waals surface area contributed by atoms with E-state index < -0.39 is 0 Å². The largest absolute Gasteiger partial charge is 0.295 e. The molecule has 1 fully saturated rings. The zero-order valence-electron chi connectivity index (χ0n) is 10.2. The third-order valence-electron chi connectivity index (χ3n) is 3.42. The summed E-state index contributed by atoms with van der Waals surface area (Å²) in [5.74, 6) is 0.589. The van der Waals surface area contributed by atoms with Crippen LogP contribution >= 0.6 is 0 Å². The van der Waals surface area contributed by atoms with Gasteiger partial charge < -0.3 is 0 Å². The first kappa shape index (κ1) is 12.2. The second-order valence-corrected chi connectivity index (χ2v) is 5.16.